The lowest BCUT2D eigenvalue weighted by atomic mass is 10.1. The van der Waals surface area contributed by atoms with Crippen LogP contribution < -0.4 is 4.72 Å². The lowest BCUT2D eigenvalue weighted by Crippen LogP contribution is -2.37. The van der Waals surface area contributed by atoms with Gasteiger partial charge in [-0.2, -0.15) is 0 Å². The van der Waals surface area contributed by atoms with Crippen molar-refractivity contribution in [2.24, 2.45) is 5.92 Å². The Balaban J connectivity index is 1.85. The highest BCUT2D eigenvalue weighted by Crippen LogP contribution is 2.35. The highest BCUT2D eigenvalue weighted by Gasteiger charge is 2.25. The van der Waals surface area contributed by atoms with E-state index in [0.29, 0.717) is 12.5 Å². The van der Waals surface area contributed by atoms with Gasteiger partial charge in [-0.1, -0.05) is 5.57 Å². The van der Waals surface area contributed by atoms with Gasteiger partial charge in [0.15, 0.2) is 0 Å². The topological polar surface area (TPSA) is 72.5 Å². The fourth-order valence-electron chi connectivity index (χ4n) is 2.27. The van der Waals surface area contributed by atoms with Crippen LogP contribution in [0.5, 0.6) is 0 Å². The highest BCUT2D eigenvalue weighted by atomic mass is 32.2. The lowest BCUT2D eigenvalue weighted by Gasteiger charge is -2.22. The molecular formula is C13H21NO4S. The van der Waals surface area contributed by atoms with Crippen LogP contribution in [-0.4, -0.2) is 32.8 Å². The summed E-state index contributed by atoms with van der Waals surface area (Å²) in [7, 11) is -3.60. The fourth-order valence-corrected chi connectivity index (χ4v) is 3.47. The van der Waals surface area contributed by atoms with Gasteiger partial charge in [-0.05, 0) is 44.9 Å². The van der Waals surface area contributed by atoms with Crippen LogP contribution in [0.25, 0.3) is 0 Å². The van der Waals surface area contributed by atoms with Crippen LogP contribution in [0.2, 0.25) is 0 Å². The van der Waals surface area contributed by atoms with Crippen molar-refractivity contribution in [1.82, 2.24) is 4.72 Å². The van der Waals surface area contributed by atoms with Gasteiger partial charge in [0.2, 0.25) is 10.0 Å². The number of hydrogen-bond acceptors (Lipinski definition) is 4. The minimum atomic E-state index is -3.60. The van der Waals surface area contributed by atoms with E-state index in [9.17, 15) is 13.2 Å². The monoisotopic (exact) mass is 287 g/mol. The number of carbonyl (C=O) groups is 1. The maximum atomic E-state index is 11.8. The van der Waals surface area contributed by atoms with Gasteiger partial charge in [0, 0.05) is 12.7 Å². The SMILES string of the molecule is C/C(=C\C(=O)NS(=O)(=O)CC1CCCCO1)C1CC1. The molecule has 19 heavy (non-hydrogen) atoms. The van der Waals surface area contributed by atoms with E-state index in [2.05, 4.69) is 4.72 Å². The van der Waals surface area contributed by atoms with E-state index in [-0.39, 0.29) is 11.9 Å². The van der Waals surface area contributed by atoms with E-state index in [1.165, 1.54) is 6.08 Å². The molecule has 1 aliphatic carbocycles. The molecule has 0 aromatic rings. The Morgan fingerprint density at radius 1 is 1.32 bits per heavy atom. The molecule has 2 aliphatic rings. The Morgan fingerprint density at radius 3 is 2.63 bits per heavy atom. The number of allylic oxidation sites excluding steroid dienone is 1. The van der Waals surface area contributed by atoms with E-state index in [1.54, 1.807) is 0 Å². The van der Waals surface area contributed by atoms with Crippen molar-refractivity contribution in [3.05, 3.63) is 11.6 Å². The Bertz CT molecular complexity index is 459. The second-order valence-corrected chi connectivity index (χ2v) is 7.17. The molecule has 0 bridgehead atoms. The van der Waals surface area contributed by atoms with Crippen LogP contribution in [0.15, 0.2) is 11.6 Å². The first-order valence-corrected chi connectivity index (χ1v) is 8.46. The smallest absolute Gasteiger partial charge is 0.257 e. The van der Waals surface area contributed by atoms with Crippen LogP contribution in [0.4, 0.5) is 0 Å². The van der Waals surface area contributed by atoms with Crippen LogP contribution in [0.1, 0.15) is 39.0 Å². The van der Waals surface area contributed by atoms with E-state index < -0.39 is 15.9 Å². The molecule has 1 heterocycles. The summed E-state index contributed by atoms with van der Waals surface area (Å²) in [4.78, 5) is 11.6. The van der Waals surface area contributed by atoms with Crippen molar-refractivity contribution in [2.45, 2.75) is 45.1 Å². The number of ether oxygens (including phenoxy) is 1. The lowest BCUT2D eigenvalue weighted by molar-refractivity contribution is -0.114. The van der Waals surface area contributed by atoms with E-state index in [1.807, 2.05) is 6.92 Å². The standard InChI is InChI=1S/C13H21NO4S/c1-10(11-5-6-11)8-13(15)14-19(16,17)9-12-4-2-3-7-18-12/h8,11-12H,2-7,9H2,1H3,(H,14,15)/b10-8+. The summed E-state index contributed by atoms with van der Waals surface area (Å²) in [6.07, 6.45) is 6.01. The van der Waals surface area contributed by atoms with E-state index in [4.69, 9.17) is 4.74 Å². The third kappa shape index (κ3) is 4.95. The van der Waals surface area contributed by atoms with Crippen LogP contribution in [0.3, 0.4) is 0 Å². The van der Waals surface area contributed by atoms with Gasteiger partial charge in [0.05, 0.1) is 11.9 Å². The maximum absolute atomic E-state index is 11.8. The summed E-state index contributed by atoms with van der Waals surface area (Å²) < 4.78 is 31.1. The molecule has 6 heteroatoms. The molecule has 5 nitrogen and oxygen atoms in total. The van der Waals surface area contributed by atoms with Crippen molar-refractivity contribution in [3.8, 4) is 0 Å². The number of amides is 1. The third-order valence-corrected chi connectivity index (χ3v) is 4.84. The van der Waals surface area contributed by atoms with E-state index in [0.717, 1.165) is 37.7 Å². The normalized spacial score (nSPS) is 25.1. The summed E-state index contributed by atoms with van der Waals surface area (Å²) in [6.45, 7) is 2.48. The third-order valence-electron chi connectivity index (χ3n) is 3.52. The molecule has 1 unspecified atom stereocenters. The molecule has 108 valence electrons. The predicted octanol–water partition coefficient (Wildman–Crippen LogP) is 1.36. The van der Waals surface area contributed by atoms with E-state index >= 15 is 0 Å². The molecule has 1 amide bonds. The minimum absolute atomic E-state index is 0.130. The summed E-state index contributed by atoms with van der Waals surface area (Å²) in [5.74, 6) is -0.204. The van der Waals surface area contributed by atoms with Gasteiger partial charge in [0.1, 0.15) is 0 Å². The highest BCUT2D eigenvalue weighted by molar-refractivity contribution is 7.90. The van der Waals surface area contributed by atoms with Crippen LogP contribution in [0, 0.1) is 5.92 Å². The molecule has 1 aliphatic heterocycles. The first kappa shape index (κ1) is 14.5. The van der Waals surface area contributed by atoms with Gasteiger partial charge < -0.3 is 4.74 Å². The second-order valence-electron chi connectivity index (χ2n) is 5.40. The Morgan fingerprint density at radius 2 is 2.05 bits per heavy atom. The molecule has 0 radical (unpaired) electrons. The van der Waals surface area contributed by atoms with Crippen molar-refractivity contribution in [1.29, 1.82) is 0 Å². The molecule has 0 spiro atoms. The van der Waals surface area contributed by atoms with Crippen molar-refractivity contribution >= 4 is 15.9 Å². The van der Waals surface area contributed by atoms with Gasteiger partial charge in [-0.3, -0.25) is 4.79 Å². The minimum Gasteiger partial charge on any atom is -0.377 e. The molecule has 2 fully saturated rings. The van der Waals surface area contributed by atoms with Crippen LogP contribution >= 0.6 is 0 Å². The average molecular weight is 287 g/mol. The largest absolute Gasteiger partial charge is 0.377 e. The number of hydrogen-bond donors (Lipinski definition) is 1. The van der Waals surface area contributed by atoms with Gasteiger partial charge in [0.25, 0.3) is 5.91 Å². The molecule has 0 aromatic carbocycles. The molecule has 1 saturated carbocycles. The first-order chi connectivity index (χ1) is 8.96. The number of rotatable bonds is 5. The summed E-state index contributed by atoms with van der Waals surface area (Å²) in [5, 5.41) is 0. The predicted molar refractivity (Wildman–Crippen MR) is 72.0 cm³/mol. The Kier molecular flexibility index (Phi) is 4.62. The van der Waals surface area contributed by atoms with Gasteiger partial charge >= 0.3 is 0 Å². The molecule has 0 aromatic heterocycles. The number of nitrogens with one attached hydrogen (secondary N) is 1. The summed E-state index contributed by atoms with van der Waals surface area (Å²) >= 11 is 0. The van der Waals surface area contributed by atoms with Gasteiger partial charge in [-0.25, -0.2) is 13.1 Å². The fraction of sp³-hybridized carbons (Fsp3) is 0.769. The van der Waals surface area contributed by atoms with Crippen molar-refractivity contribution in [3.63, 3.8) is 0 Å². The van der Waals surface area contributed by atoms with Crippen molar-refractivity contribution in [2.75, 3.05) is 12.4 Å². The molecule has 2 rings (SSSR count). The van der Waals surface area contributed by atoms with Crippen molar-refractivity contribution < 1.29 is 17.9 Å². The first-order valence-electron chi connectivity index (χ1n) is 6.80. The molecule has 1 atom stereocenters. The zero-order valence-corrected chi connectivity index (χ0v) is 12.0. The molecular weight excluding hydrogens is 266 g/mol. The number of sulfonamides is 1. The molecule has 1 N–H and O–H groups in total. The summed E-state index contributed by atoms with van der Waals surface area (Å²) in [6, 6.07) is 0. The average Bonchev–Trinajstić information content (AvgIpc) is 3.11. The van der Waals surface area contributed by atoms with Crippen LogP contribution in [-0.2, 0) is 19.6 Å². The number of carbonyl (C=O) groups excluding carboxylic acids is 1. The molecule has 1 saturated heterocycles. The quantitative estimate of drug-likeness (QED) is 0.775. The zero-order valence-electron chi connectivity index (χ0n) is 11.2. The Labute approximate surface area is 114 Å². The maximum Gasteiger partial charge on any atom is 0.257 e. The zero-order chi connectivity index (χ0) is 13.9. The Hall–Kier alpha value is -0.880. The second kappa shape index (κ2) is 6.05. The summed E-state index contributed by atoms with van der Waals surface area (Å²) in [5.41, 5.74) is 0.960. The van der Waals surface area contributed by atoms with Gasteiger partial charge in [-0.15, -0.1) is 0 Å².